The molecule has 0 spiro atoms. The Hall–Kier alpha value is -2.62. The zero-order valence-electron chi connectivity index (χ0n) is 9.69. The highest BCUT2D eigenvalue weighted by molar-refractivity contribution is 5.75. The van der Waals surface area contributed by atoms with E-state index in [1.165, 1.54) is 0 Å². The largest absolute Gasteiger partial charge is 0.398 e. The third kappa shape index (κ3) is 1.84. The van der Waals surface area contributed by atoms with E-state index < -0.39 is 0 Å². The van der Waals surface area contributed by atoms with E-state index in [-0.39, 0.29) is 0 Å². The average molecular weight is 236 g/mol. The van der Waals surface area contributed by atoms with Crippen molar-refractivity contribution in [2.24, 2.45) is 0 Å². The van der Waals surface area contributed by atoms with Gasteiger partial charge in [-0.2, -0.15) is 5.10 Å². The maximum Gasteiger partial charge on any atom is 0.153 e. The predicted octanol–water partition coefficient (Wildman–Crippen LogP) is 2.52. The summed E-state index contributed by atoms with van der Waals surface area (Å²) in [6.07, 6.45) is 5.46. The minimum Gasteiger partial charge on any atom is -0.398 e. The van der Waals surface area contributed by atoms with Crippen LogP contribution in [0.3, 0.4) is 0 Å². The molecule has 4 nitrogen and oxygen atoms in total. The second kappa shape index (κ2) is 4.33. The third-order valence-corrected chi connectivity index (χ3v) is 2.74. The Morgan fingerprint density at radius 1 is 1.00 bits per heavy atom. The van der Waals surface area contributed by atoms with E-state index in [0.29, 0.717) is 0 Å². The molecule has 0 unspecified atom stereocenters. The van der Waals surface area contributed by atoms with Gasteiger partial charge in [0.15, 0.2) is 5.82 Å². The van der Waals surface area contributed by atoms with Gasteiger partial charge in [-0.25, -0.2) is 9.67 Å². The Morgan fingerprint density at radius 2 is 1.83 bits per heavy atom. The van der Waals surface area contributed by atoms with Crippen molar-refractivity contribution in [2.75, 3.05) is 5.73 Å². The Labute approximate surface area is 105 Å². The van der Waals surface area contributed by atoms with E-state index in [2.05, 4.69) is 10.1 Å². The normalized spacial score (nSPS) is 10.4. The van der Waals surface area contributed by atoms with Gasteiger partial charge in [-0.3, -0.25) is 0 Å². The molecule has 0 saturated carbocycles. The molecule has 4 heteroatoms. The van der Waals surface area contributed by atoms with Crippen molar-refractivity contribution in [1.29, 1.82) is 0 Å². The fourth-order valence-corrected chi connectivity index (χ4v) is 1.84. The zero-order chi connectivity index (χ0) is 12.4. The number of rotatable bonds is 2. The molecule has 2 aromatic heterocycles. The summed E-state index contributed by atoms with van der Waals surface area (Å²) in [6, 6.07) is 13.5. The molecule has 3 rings (SSSR count). The maximum atomic E-state index is 5.95. The van der Waals surface area contributed by atoms with Crippen LogP contribution in [0, 0.1) is 0 Å². The molecule has 0 amide bonds. The molecule has 0 fully saturated rings. The van der Waals surface area contributed by atoms with Crippen molar-refractivity contribution in [3.8, 4) is 16.9 Å². The van der Waals surface area contributed by atoms with Gasteiger partial charge in [-0.1, -0.05) is 24.3 Å². The zero-order valence-corrected chi connectivity index (χ0v) is 9.69. The molecule has 1 aromatic carbocycles. The maximum absolute atomic E-state index is 5.95. The molecule has 2 N–H and O–H groups in total. The van der Waals surface area contributed by atoms with Crippen LogP contribution in [0.15, 0.2) is 61.1 Å². The van der Waals surface area contributed by atoms with Crippen LogP contribution >= 0.6 is 0 Å². The molecular formula is C14H12N4. The van der Waals surface area contributed by atoms with Crippen LogP contribution in [-0.2, 0) is 0 Å². The van der Waals surface area contributed by atoms with Crippen molar-refractivity contribution in [3.05, 3.63) is 61.1 Å². The van der Waals surface area contributed by atoms with Gasteiger partial charge in [-0.05, 0) is 18.2 Å². The minimum absolute atomic E-state index is 0.748. The van der Waals surface area contributed by atoms with Gasteiger partial charge >= 0.3 is 0 Å². The summed E-state index contributed by atoms with van der Waals surface area (Å²) in [5.41, 5.74) is 8.67. The van der Waals surface area contributed by atoms with Crippen molar-refractivity contribution < 1.29 is 0 Å². The van der Waals surface area contributed by atoms with Crippen LogP contribution < -0.4 is 5.73 Å². The summed E-state index contributed by atoms with van der Waals surface area (Å²) in [6.45, 7) is 0. The number of para-hydroxylation sites is 1. The average Bonchev–Trinajstić information content (AvgIpc) is 2.90. The highest BCUT2D eigenvalue weighted by Crippen LogP contribution is 2.25. The molecule has 0 aliphatic carbocycles. The van der Waals surface area contributed by atoms with E-state index >= 15 is 0 Å². The highest BCUT2D eigenvalue weighted by atomic mass is 15.3. The summed E-state index contributed by atoms with van der Waals surface area (Å²) in [7, 11) is 0. The molecule has 0 aliphatic heterocycles. The fourth-order valence-electron chi connectivity index (χ4n) is 1.84. The van der Waals surface area contributed by atoms with Gasteiger partial charge in [0.1, 0.15) is 0 Å². The van der Waals surface area contributed by atoms with Gasteiger partial charge < -0.3 is 5.73 Å². The van der Waals surface area contributed by atoms with E-state index in [0.717, 1.165) is 22.6 Å². The first-order valence-electron chi connectivity index (χ1n) is 5.65. The van der Waals surface area contributed by atoms with Crippen molar-refractivity contribution >= 4 is 5.69 Å². The van der Waals surface area contributed by atoms with Crippen LogP contribution in [0.4, 0.5) is 5.69 Å². The van der Waals surface area contributed by atoms with Gasteiger partial charge in [0, 0.05) is 29.2 Å². The van der Waals surface area contributed by atoms with Crippen LogP contribution in [0.5, 0.6) is 0 Å². The summed E-state index contributed by atoms with van der Waals surface area (Å²) in [4.78, 5) is 4.25. The smallest absolute Gasteiger partial charge is 0.153 e. The van der Waals surface area contributed by atoms with Gasteiger partial charge in [0.05, 0.1) is 6.20 Å². The molecule has 0 bridgehead atoms. The Kier molecular flexibility index (Phi) is 2.53. The van der Waals surface area contributed by atoms with Crippen molar-refractivity contribution in [1.82, 2.24) is 14.8 Å². The number of nitrogen functional groups attached to an aromatic ring is 1. The number of hydrogen-bond acceptors (Lipinski definition) is 3. The number of aromatic nitrogens is 3. The summed E-state index contributed by atoms with van der Waals surface area (Å²) in [5, 5.41) is 4.30. The predicted molar refractivity (Wildman–Crippen MR) is 71.2 cm³/mol. The molecule has 0 atom stereocenters. The topological polar surface area (TPSA) is 56.7 Å². The number of hydrogen-bond donors (Lipinski definition) is 1. The van der Waals surface area contributed by atoms with Gasteiger partial charge in [-0.15, -0.1) is 0 Å². The van der Waals surface area contributed by atoms with Crippen LogP contribution in [0.2, 0.25) is 0 Å². The fraction of sp³-hybridized carbons (Fsp3) is 0. The molecule has 0 saturated heterocycles. The quantitative estimate of drug-likeness (QED) is 0.695. The Morgan fingerprint density at radius 3 is 2.61 bits per heavy atom. The number of pyridine rings is 1. The van der Waals surface area contributed by atoms with Crippen molar-refractivity contribution in [3.63, 3.8) is 0 Å². The molecular weight excluding hydrogens is 224 g/mol. The number of benzene rings is 1. The molecule has 18 heavy (non-hydrogen) atoms. The first-order valence-corrected chi connectivity index (χ1v) is 5.65. The molecule has 3 aromatic rings. The monoisotopic (exact) mass is 236 g/mol. The number of anilines is 1. The lowest BCUT2D eigenvalue weighted by Gasteiger charge is -2.01. The van der Waals surface area contributed by atoms with Crippen molar-refractivity contribution in [2.45, 2.75) is 0 Å². The Bertz CT molecular complexity index is 658. The lowest BCUT2D eigenvalue weighted by molar-refractivity contribution is 0.847. The summed E-state index contributed by atoms with van der Waals surface area (Å²) >= 11 is 0. The second-order valence-electron chi connectivity index (χ2n) is 3.95. The minimum atomic E-state index is 0.748. The van der Waals surface area contributed by atoms with E-state index in [9.17, 15) is 0 Å². The van der Waals surface area contributed by atoms with Crippen LogP contribution in [-0.4, -0.2) is 14.8 Å². The lowest BCUT2D eigenvalue weighted by atomic mass is 10.1. The second-order valence-corrected chi connectivity index (χ2v) is 3.95. The van der Waals surface area contributed by atoms with Crippen LogP contribution in [0.1, 0.15) is 0 Å². The molecule has 0 aliphatic rings. The summed E-state index contributed by atoms with van der Waals surface area (Å²) in [5.74, 6) is 0.790. The first-order chi connectivity index (χ1) is 8.84. The molecule has 0 radical (unpaired) electrons. The van der Waals surface area contributed by atoms with Gasteiger partial charge in [0.25, 0.3) is 0 Å². The van der Waals surface area contributed by atoms with Crippen LogP contribution in [0.25, 0.3) is 16.9 Å². The number of nitrogens with two attached hydrogens (primary N) is 1. The highest BCUT2D eigenvalue weighted by Gasteiger charge is 2.05. The molecule has 2 heterocycles. The summed E-state index contributed by atoms with van der Waals surface area (Å²) < 4.78 is 1.74. The van der Waals surface area contributed by atoms with E-state index in [1.807, 2.05) is 48.7 Å². The molecule has 88 valence electrons. The standard InChI is InChI=1S/C14H12N4/c15-13-6-2-1-5-12(13)11-9-17-18(10-11)14-7-3-4-8-16-14/h1-10H,15H2. The first kappa shape index (κ1) is 10.5. The Balaban J connectivity index is 2.03. The van der Waals surface area contributed by atoms with E-state index in [1.54, 1.807) is 17.1 Å². The van der Waals surface area contributed by atoms with E-state index in [4.69, 9.17) is 5.73 Å². The van der Waals surface area contributed by atoms with Gasteiger partial charge in [0.2, 0.25) is 0 Å². The SMILES string of the molecule is Nc1ccccc1-c1cnn(-c2ccccn2)c1. The third-order valence-electron chi connectivity index (χ3n) is 2.74. The lowest BCUT2D eigenvalue weighted by Crippen LogP contribution is -1.96. The number of nitrogens with zero attached hydrogens (tertiary/aromatic N) is 3.